The SMILES string of the molecule is CS(=O)(=O)OCC1=CCCC=C1. The Morgan fingerprint density at radius 2 is 2.25 bits per heavy atom. The zero-order chi connectivity index (χ0) is 9.03. The third-order valence-electron chi connectivity index (χ3n) is 1.51. The minimum Gasteiger partial charge on any atom is -0.266 e. The van der Waals surface area contributed by atoms with E-state index >= 15 is 0 Å². The van der Waals surface area contributed by atoms with E-state index in [1.807, 2.05) is 18.2 Å². The molecule has 1 aliphatic rings. The highest BCUT2D eigenvalue weighted by molar-refractivity contribution is 7.85. The predicted octanol–water partition coefficient (Wildman–Crippen LogP) is 1.24. The first-order valence-electron chi connectivity index (χ1n) is 3.78. The molecule has 0 aromatic heterocycles. The summed E-state index contributed by atoms with van der Waals surface area (Å²) in [6.07, 6.45) is 8.96. The number of rotatable bonds is 3. The van der Waals surface area contributed by atoms with Crippen molar-refractivity contribution in [2.24, 2.45) is 0 Å². The molecule has 0 N–H and O–H groups in total. The Balaban J connectivity index is 2.42. The average molecular weight is 188 g/mol. The molecule has 0 aliphatic heterocycles. The first kappa shape index (κ1) is 9.48. The third-order valence-corrected chi connectivity index (χ3v) is 2.06. The van der Waals surface area contributed by atoms with E-state index in [1.54, 1.807) is 0 Å². The topological polar surface area (TPSA) is 43.4 Å². The summed E-state index contributed by atoms with van der Waals surface area (Å²) in [5, 5.41) is 0. The number of hydrogen-bond acceptors (Lipinski definition) is 3. The van der Waals surface area contributed by atoms with Crippen molar-refractivity contribution in [1.29, 1.82) is 0 Å². The van der Waals surface area contributed by atoms with E-state index in [0.29, 0.717) is 0 Å². The molecule has 12 heavy (non-hydrogen) atoms. The fourth-order valence-corrected chi connectivity index (χ4v) is 1.30. The standard InChI is InChI=1S/C8H12O3S/c1-12(9,10)11-7-8-5-3-2-4-6-8/h3,5-6H,2,4,7H2,1H3. The molecular weight excluding hydrogens is 176 g/mol. The maximum absolute atomic E-state index is 10.6. The van der Waals surface area contributed by atoms with Gasteiger partial charge in [-0.25, -0.2) is 0 Å². The van der Waals surface area contributed by atoms with E-state index in [9.17, 15) is 8.42 Å². The molecule has 68 valence electrons. The van der Waals surface area contributed by atoms with Gasteiger partial charge < -0.3 is 0 Å². The Kier molecular flexibility index (Phi) is 3.05. The van der Waals surface area contributed by atoms with Gasteiger partial charge in [0.2, 0.25) is 0 Å². The molecule has 1 rings (SSSR count). The second-order valence-corrected chi connectivity index (χ2v) is 4.37. The number of allylic oxidation sites excluding steroid dienone is 2. The van der Waals surface area contributed by atoms with Gasteiger partial charge in [-0.2, -0.15) is 8.42 Å². The summed E-state index contributed by atoms with van der Waals surface area (Å²) < 4.78 is 25.8. The van der Waals surface area contributed by atoms with Gasteiger partial charge in [0.15, 0.2) is 0 Å². The lowest BCUT2D eigenvalue weighted by Gasteiger charge is -2.05. The molecule has 4 heteroatoms. The van der Waals surface area contributed by atoms with Crippen LogP contribution in [0.3, 0.4) is 0 Å². The Morgan fingerprint density at radius 3 is 2.75 bits per heavy atom. The first-order chi connectivity index (χ1) is 5.58. The highest BCUT2D eigenvalue weighted by Gasteiger charge is 2.03. The van der Waals surface area contributed by atoms with Gasteiger partial charge in [-0.15, -0.1) is 0 Å². The average Bonchev–Trinajstić information content (AvgIpc) is 2.02. The van der Waals surface area contributed by atoms with Crippen LogP contribution < -0.4 is 0 Å². The summed E-state index contributed by atoms with van der Waals surface area (Å²) in [7, 11) is -3.30. The van der Waals surface area contributed by atoms with Gasteiger partial charge in [0.05, 0.1) is 12.9 Å². The molecule has 0 spiro atoms. The molecule has 0 fully saturated rings. The highest BCUT2D eigenvalue weighted by atomic mass is 32.2. The smallest absolute Gasteiger partial charge is 0.264 e. The van der Waals surface area contributed by atoms with E-state index in [0.717, 1.165) is 24.7 Å². The van der Waals surface area contributed by atoms with Crippen LogP contribution in [0.1, 0.15) is 12.8 Å². The van der Waals surface area contributed by atoms with Crippen molar-refractivity contribution in [3.05, 3.63) is 23.8 Å². The Bertz CT molecular complexity index is 298. The summed E-state index contributed by atoms with van der Waals surface area (Å²) in [6, 6.07) is 0. The van der Waals surface area contributed by atoms with Crippen LogP contribution >= 0.6 is 0 Å². The molecule has 0 bridgehead atoms. The van der Waals surface area contributed by atoms with Gasteiger partial charge >= 0.3 is 0 Å². The minimum absolute atomic E-state index is 0.162. The quantitative estimate of drug-likeness (QED) is 0.626. The molecule has 0 heterocycles. The van der Waals surface area contributed by atoms with Crippen molar-refractivity contribution in [3.8, 4) is 0 Å². The van der Waals surface area contributed by atoms with Crippen molar-refractivity contribution in [3.63, 3.8) is 0 Å². The second kappa shape index (κ2) is 3.87. The molecule has 0 saturated carbocycles. The van der Waals surface area contributed by atoms with E-state index in [4.69, 9.17) is 0 Å². The Hall–Kier alpha value is -0.610. The summed E-state index contributed by atoms with van der Waals surface area (Å²) in [5.74, 6) is 0. The van der Waals surface area contributed by atoms with Crippen molar-refractivity contribution < 1.29 is 12.6 Å². The van der Waals surface area contributed by atoms with E-state index in [-0.39, 0.29) is 6.61 Å². The van der Waals surface area contributed by atoms with Crippen LogP contribution in [0.4, 0.5) is 0 Å². The van der Waals surface area contributed by atoms with Crippen LogP contribution in [0.25, 0.3) is 0 Å². The zero-order valence-corrected chi connectivity index (χ0v) is 7.80. The van der Waals surface area contributed by atoms with E-state index in [1.165, 1.54) is 0 Å². The predicted molar refractivity (Wildman–Crippen MR) is 47.3 cm³/mol. The van der Waals surface area contributed by atoms with Crippen LogP contribution in [0.2, 0.25) is 0 Å². The van der Waals surface area contributed by atoms with Crippen molar-refractivity contribution in [1.82, 2.24) is 0 Å². The minimum atomic E-state index is -3.30. The van der Waals surface area contributed by atoms with Gasteiger partial charge in [0.25, 0.3) is 10.1 Å². The first-order valence-corrected chi connectivity index (χ1v) is 5.59. The van der Waals surface area contributed by atoms with E-state index < -0.39 is 10.1 Å². The molecule has 0 unspecified atom stereocenters. The molecule has 0 atom stereocenters. The maximum Gasteiger partial charge on any atom is 0.264 e. The molecule has 0 aromatic rings. The highest BCUT2D eigenvalue weighted by Crippen LogP contribution is 2.10. The summed E-state index contributed by atoms with van der Waals surface area (Å²) in [5.41, 5.74) is 0.937. The maximum atomic E-state index is 10.6. The molecule has 0 saturated heterocycles. The van der Waals surface area contributed by atoms with Gasteiger partial charge in [-0.05, 0) is 18.4 Å². The van der Waals surface area contributed by atoms with Gasteiger partial charge in [-0.3, -0.25) is 4.18 Å². The molecule has 0 aromatic carbocycles. The summed E-state index contributed by atoms with van der Waals surface area (Å²) in [4.78, 5) is 0. The largest absolute Gasteiger partial charge is 0.266 e. The lowest BCUT2D eigenvalue weighted by molar-refractivity contribution is 0.354. The lowest BCUT2D eigenvalue weighted by atomic mass is 10.1. The fraction of sp³-hybridized carbons (Fsp3) is 0.500. The molecule has 0 amide bonds. The van der Waals surface area contributed by atoms with Crippen molar-refractivity contribution in [2.45, 2.75) is 12.8 Å². The van der Waals surface area contributed by atoms with Crippen molar-refractivity contribution >= 4 is 10.1 Å². The molecule has 3 nitrogen and oxygen atoms in total. The fourth-order valence-electron chi connectivity index (χ4n) is 0.950. The zero-order valence-electron chi connectivity index (χ0n) is 6.99. The Morgan fingerprint density at radius 1 is 1.50 bits per heavy atom. The third kappa shape index (κ3) is 3.69. The lowest BCUT2D eigenvalue weighted by Crippen LogP contribution is -2.05. The molecular formula is C8H12O3S. The normalized spacial score (nSPS) is 17.6. The summed E-state index contributed by atoms with van der Waals surface area (Å²) in [6.45, 7) is 0.162. The van der Waals surface area contributed by atoms with Crippen LogP contribution in [0.15, 0.2) is 23.8 Å². The Labute approximate surface area is 72.9 Å². The van der Waals surface area contributed by atoms with E-state index in [2.05, 4.69) is 4.18 Å². The second-order valence-electron chi connectivity index (χ2n) is 2.73. The van der Waals surface area contributed by atoms with Crippen LogP contribution in [0.5, 0.6) is 0 Å². The van der Waals surface area contributed by atoms with Gasteiger partial charge in [-0.1, -0.05) is 18.2 Å². The summed E-state index contributed by atoms with van der Waals surface area (Å²) >= 11 is 0. The van der Waals surface area contributed by atoms with Crippen LogP contribution in [0, 0.1) is 0 Å². The van der Waals surface area contributed by atoms with Crippen molar-refractivity contribution in [2.75, 3.05) is 12.9 Å². The monoisotopic (exact) mass is 188 g/mol. The van der Waals surface area contributed by atoms with Crippen LogP contribution in [-0.2, 0) is 14.3 Å². The number of hydrogen-bond donors (Lipinski definition) is 0. The van der Waals surface area contributed by atoms with Gasteiger partial charge in [0, 0.05) is 0 Å². The van der Waals surface area contributed by atoms with Crippen LogP contribution in [-0.4, -0.2) is 21.3 Å². The van der Waals surface area contributed by atoms with Gasteiger partial charge in [0.1, 0.15) is 0 Å². The molecule has 0 radical (unpaired) electrons. The molecule has 1 aliphatic carbocycles.